The number of halogens is 1. The van der Waals surface area contributed by atoms with Crippen LogP contribution in [0.2, 0.25) is 0 Å². The number of fused-ring (bicyclic) bond motifs is 1. The smallest absolute Gasteiger partial charge is 0.341 e. The van der Waals surface area contributed by atoms with E-state index in [1.54, 1.807) is 6.07 Å². The molecule has 1 aromatic carbocycles. The highest BCUT2D eigenvalue weighted by molar-refractivity contribution is 9.10. The highest BCUT2D eigenvalue weighted by atomic mass is 79.9. The number of hydrogen-bond donors (Lipinski definition) is 1. The predicted molar refractivity (Wildman–Crippen MR) is 104 cm³/mol. The van der Waals surface area contributed by atoms with Gasteiger partial charge >= 0.3 is 5.97 Å². The summed E-state index contributed by atoms with van der Waals surface area (Å²) in [7, 11) is 1.38. The monoisotopic (exact) mass is 421 g/mol. The van der Waals surface area contributed by atoms with Gasteiger partial charge in [0, 0.05) is 9.35 Å². The minimum absolute atomic E-state index is 0.230. The second kappa shape index (κ2) is 8.15. The van der Waals surface area contributed by atoms with Gasteiger partial charge in [-0.25, -0.2) is 4.79 Å². The molecule has 4 nitrogen and oxygen atoms in total. The van der Waals surface area contributed by atoms with E-state index in [9.17, 15) is 9.59 Å². The Labute approximate surface area is 159 Å². The van der Waals surface area contributed by atoms with E-state index >= 15 is 0 Å². The lowest BCUT2D eigenvalue weighted by Crippen LogP contribution is -2.15. The number of carbonyl (C=O) groups is 2. The lowest BCUT2D eigenvalue weighted by molar-refractivity contribution is 0.0601. The molecule has 3 rings (SSSR count). The maximum atomic E-state index is 12.7. The molecule has 0 fully saturated rings. The number of nitrogens with one attached hydrogen (secondary N) is 1. The topological polar surface area (TPSA) is 55.4 Å². The summed E-state index contributed by atoms with van der Waals surface area (Å²) in [4.78, 5) is 26.2. The summed E-state index contributed by atoms with van der Waals surface area (Å²) in [6.07, 6.45) is 6.38. The summed E-state index contributed by atoms with van der Waals surface area (Å²) in [6, 6.07) is 7.25. The fraction of sp³-hybridized carbons (Fsp3) is 0.368. The van der Waals surface area contributed by atoms with Crippen LogP contribution in [0.3, 0.4) is 0 Å². The fourth-order valence-electron chi connectivity index (χ4n) is 3.14. The third-order valence-corrected chi connectivity index (χ3v) is 6.31. The molecule has 1 N–H and O–H groups in total. The van der Waals surface area contributed by atoms with Gasteiger partial charge < -0.3 is 10.1 Å². The van der Waals surface area contributed by atoms with Crippen molar-refractivity contribution >= 4 is 44.1 Å². The zero-order chi connectivity index (χ0) is 17.8. The van der Waals surface area contributed by atoms with E-state index in [0.717, 1.165) is 35.7 Å². The number of amides is 1. The van der Waals surface area contributed by atoms with Crippen LogP contribution in [0.1, 0.15) is 56.8 Å². The number of hydrogen-bond acceptors (Lipinski definition) is 4. The number of rotatable bonds is 3. The second-order valence-electron chi connectivity index (χ2n) is 6.05. The predicted octanol–water partition coefficient (Wildman–Crippen LogP) is 5.21. The summed E-state index contributed by atoms with van der Waals surface area (Å²) in [5.41, 5.74) is 2.13. The van der Waals surface area contributed by atoms with E-state index in [2.05, 4.69) is 21.2 Å². The Hall–Kier alpha value is -1.66. The van der Waals surface area contributed by atoms with Crippen molar-refractivity contribution in [3.8, 4) is 0 Å². The molecule has 1 amide bonds. The largest absolute Gasteiger partial charge is 0.465 e. The van der Waals surface area contributed by atoms with Crippen molar-refractivity contribution in [1.82, 2.24) is 0 Å². The number of ether oxygens (including phenoxy) is 1. The Kier molecular flexibility index (Phi) is 5.91. The lowest BCUT2D eigenvalue weighted by Gasteiger charge is -2.11. The molecule has 25 heavy (non-hydrogen) atoms. The molecule has 0 unspecified atom stereocenters. The summed E-state index contributed by atoms with van der Waals surface area (Å²) < 4.78 is 5.72. The van der Waals surface area contributed by atoms with Crippen molar-refractivity contribution < 1.29 is 14.3 Å². The van der Waals surface area contributed by atoms with Crippen LogP contribution < -0.4 is 5.32 Å². The number of benzene rings is 1. The molecule has 0 saturated heterocycles. The molecule has 2 aromatic rings. The zero-order valence-electron chi connectivity index (χ0n) is 14.1. The van der Waals surface area contributed by atoms with Crippen LogP contribution in [0.15, 0.2) is 28.7 Å². The number of aryl methyl sites for hydroxylation is 1. The van der Waals surface area contributed by atoms with E-state index < -0.39 is 0 Å². The van der Waals surface area contributed by atoms with Gasteiger partial charge in [0.15, 0.2) is 0 Å². The van der Waals surface area contributed by atoms with Gasteiger partial charge in [-0.15, -0.1) is 11.3 Å². The Morgan fingerprint density at radius 2 is 1.84 bits per heavy atom. The first-order valence-corrected chi connectivity index (χ1v) is 10.0. The molecule has 132 valence electrons. The van der Waals surface area contributed by atoms with Gasteiger partial charge in [0.05, 0.1) is 18.2 Å². The van der Waals surface area contributed by atoms with Crippen LogP contribution in [0.4, 0.5) is 5.00 Å². The van der Waals surface area contributed by atoms with E-state index in [4.69, 9.17) is 4.74 Å². The van der Waals surface area contributed by atoms with Gasteiger partial charge in [-0.05, 0) is 59.3 Å². The van der Waals surface area contributed by atoms with E-state index in [-0.39, 0.29) is 11.9 Å². The van der Waals surface area contributed by atoms with Crippen LogP contribution in [0.25, 0.3) is 0 Å². The summed E-state index contributed by atoms with van der Waals surface area (Å²) in [6.45, 7) is 0. The highest BCUT2D eigenvalue weighted by Gasteiger charge is 2.26. The lowest BCUT2D eigenvalue weighted by atomic mass is 9.96. The molecule has 0 spiro atoms. The molecule has 1 aliphatic rings. The molecule has 0 saturated carbocycles. The maximum Gasteiger partial charge on any atom is 0.341 e. The Morgan fingerprint density at radius 3 is 2.56 bits per heavy atom. The molecular formula is C19H20BrNO3S. The summed E-state index contributed by atoms with van der Waals surface area (Å²) in [5, 5.41) is 3.53. The van der Waals surface area contributed by atoms with Crippen LogP contribution in [0.5, 0.6) is 0 Å². The Bertz CT molecular complexity index is 800. The Morgan fingerprint density at radius 1 is 1.12 bits per heavy atom. The highest BCUT2D eigenvalue weighted by Crippen LogP contribution is 2.38. The number of carbonyl (C=O) groups excluding carboxylic acids is 2. The van der Waals surface area contributed by atoms with E-state index in [1.807, 2.05) is 18.2 Å². The van der Waals surface area contributed by atoms with Crippen molar-refractivity contribution in [2.24, 2.45) is 0 Å². The second-order valence-corrected chi connectivity index (χ2v) is 8.01. The SMILES string of the molecule is COC(=O)c1c(NC(=O)c2ccccc2Br)sc2c1CCCCCC2. The average Bonchev–Trinajstić information content (AvgIpc) is 2.91. The number of thiophene rings is 1. The van der Waals surface area contributed by atoms with Crippen LogP contribution in [0, 0.1) is 0 Å². The molecule has 1 heterocycles. The summed E-state index contributed by atoms with van der Waals surface area (Å²) >= 11 is 4.91. The van der Waals surface area contributed by atoms with Gasteiger partial charge in [0.25, 0.3) is 5.91 Å². The summed E-state index contributed by atoms with van der Waals surface area (Å²) in [5.74, 6) is -0.604. The van der Waals surface area contributed by atoms with Gasteiger partial charge in [0.1, 0.15) is 5.00 Å². The fourth-order valence-corrected chi connectivity index (χ4v) is 4.88. The first-order chi connectivity index (χ1) is 12.1. The quantitative estimate of drug-likeness (QED) is 0.691. The zero-order valence-corrected chi connectivity index (χ0v) is 16.5. The first kappa shape index (κ1) is 18.1. The van der Waals surface area contributed by atoms with Crippen LogP contribution in [-0.2, 0) is 17.6 Å². The van der Waals surface area contributed by atoms with Crippen molar-refractivity contribution in [2.45, 2.75) is 38.5 Å². The number of methoxy groups -OCH3 is 1. The van der Waals surface area contributed by atoms with Crippen molar-refractivity contribution in [2.75, 3.05) is 12.4 Å². The molecule has 0 atom stereocenters. The normalized spacial score (nSPS) is 14.2. The maximum absolute atomic E-state index is 12.7. The van der Waals surface area contributed by atoms with Crippen LogP contribution in [-0.4, -0.2) is 19.0 Å². The third-order valence-electron chi connectivity index (χ3n) is 4.41. The average molecular weight is 422 g/mol. The van der Waals surface area contributed by atoms with Gasteiger partial charge in [-0.1, -0.05) is 25.0 Å². The molecule has 0 radical (unpaired) electrons. The molecule has 1 aliphatic carbocycles. The van der Waals surface area contributed by atoms with Crippen LogP contribution >= 0.6 is 27.3 Å². The molecule has 1 aromatic heterocycles. The van der Waals surface area contributed by atoms with Crippen molar-refractivity contribution in [3.05, 3.63) is 50.3 Å². The van der Waals surface area contributed by atoms with Gasteiger partial charge in [-0.2, -0.15) is 0 Å². The van der Waals surface area contributed by atoms with E-state index in [0.29, 0.717) is 16.1 Å². The third kappa shape index (κ3) is 3.96. The number of anilines is 1. The van der Waals surface area contributed by atoms with Crippen molar-refractivity contribution in [1.29, 1.82) is 0 Å². The van der Waals surface area contributed by atoms with E-state index in [1.165, 1.54) is 36.2 Å². The number of esters is 1. The minimum atomic E-state index is -0.375. The van der Waals surface area contributed by atoms with Gasteiger partial charge in [-0.3, -0.25) is 4.79 Å². The molecule has 6 heteroatoms. The van der Waals surface area contributed by atoms with Crippen molar-refractivity contribution in [3.63, 3.8) is 0 Å². The molecule has 0 bridgehead atoms. The first-order valence-electron chi connectivity index (χ1n) is 8.40. The minimum Gasteiger partial charge on any atom is -0.465 e. The Balaban J connectivity index is 1.97. The molecular weight excluding hydrogens is 402 g/mol. The standard InChI is InChI=1S/C19H20BrNO3S/c1-24-19(23)16-13-9-4-2-3-5-11-15(13)25-18(16)21-17(22)12-8-6-7-10-14(12)20/h6-8,10H,2-5,9,11H2,1H3,(H,21,22). The van der Waals surface area contributed by atoms with Gasteiger partial charge in [0.2, 0.25) is 0 Å². The molecule has 0 aliphatic heterocycles.